The maximum absolute atomic E-state index is 13.0. The van der Waals surface area contributed by atoms with Gasteiger partial charge in [-0.2, -0.15) is 10.3 Å². The number of nitrogens with one attached hydrogen (secondary N) is 1. The number of carboxylic acids is 1. The number of carboxylic acid groups (broad SMARTS) is 2. The number of ether oxygens (including phenoxy) is 1. The van der Waals surface area contributed by atoms with E-state index in [1.54, 1.807) is 52.1 Å². The summed E-state index contributed by atoms with van der Waals surface area (Å²) in [5.41, 5.74) is 2.32. The van der Waals surface area contributed by atoms with Crippen LogP contribution < -0.4 is 10.2 Å². The zero-order valence-electron chi connectivity index (χ0n) is 20.3. The molecule has 8 heteroatoms. The van der Waals surface area contributed by atoms with E-state index in [0.29, 0.717) is 18.8 Å². The molecule has 184 valence electrons. The normalized spacial score (nSPS) is 25.0. The Hall–Kier alpha value is -2.94. The second-order valence-electron chi connectivity index (χ2n) is 9.94. The van der Waals surface area contributed by atoms with E-state index < -0.39 is 27.6 Å². The van der Waals surface area contributed by atoms with Crippen molar-refractivity contribution in [2.75, 3.05) is 13.7 Å². The summed E-state index contributed by atoms with van der Waals surface area (Å²) in [7, 11) is 1.56. The van der Waals surface area contributed by atoms with E-state index in [2.05, 4.69) is 5.48 Å². The number of likely N-dealkylation sites (tertiary alicyclic amines) is 1. The Morgan fingerprint density at radius 2 is 1.71 bits per heavy atom. The first-order valence-electron chi connectivity index (χ1n) is 11.4. The number of hydrogen-bond donors (Lipinski definition) is 3. The Bertz CT molecular complexity index is 989. The highest BCUT2D eigenvalue weighted by Gasteiger charge is 2.69. The maximum Gasteiger partial charge on any atom is 0.514 e. The van der Waals surface area contributed by atoms with Crippen LogP contribution in [0.2, 0.25) is 0 Å². The summed E-state index contributed by atoms with van der Waals surface area (Å²) < 4.78 is 4.59. The molecule has 1 aliphatic rings. The van der Waals surface area contributed by atoms with Crippen LogP contribution in [0.4, 0.5) is 4.79 Å². The third-order valence-corrected chi connectivity index (χ3v) is 6.99. The summed E-state index contributed by atoms with van der Waals surface area (Å²) in [5.74, 6) is -0.448. The second-order valence-corrected chi connectivity index (χ2v) is 9.94. The molecule has 3 N–H and O–H groups in total. The van der Waals surface area contributed by atoms with E-state index in [1.807, 2.05) is 30.3 Å². The fraction of sp³-hybridized carbons (Fsp3) is 0.462. The van der Waals surface area contributed by atoms with Crippen molar-refractivity contribution in [3.05, 3.63) is 65.7 Å². The van der Waals surface area contributed by atoms with Crippen molar-refractivity contribution in [2.24, 2.45) is 0 Å². The van der Waals surface area contributed by atoms with E-state index in [4.69, 9.17) is 9.57 Å². The van der Waals surface area contributed by atoms with Crippen LogP contribution >= 0.6 is 0 Å². The standard InChI is InChI=1S/C26H34N2O6/c1-25(2,3)28(24(31)32)17-21(27-34-18-20-8-6-5-7-9-20)14-15-26(28,23(29)30)16-19-10-12-22(33-4)13-11-19/h5-13,21,27H,14-18H2,1-4H3,(H-,29,30,31,32)/p+1/t21-,26+,28?/m1/s1. The molecule has 2 aromatic rings. The van der Waals surface area contributed by atoms with Crippen molar-refractivity contribution < 1.29 is 33.9 Å². The van der Waals surface area contributed by atoms with Crippen LogP contribution in [-0.4, -0.2) is 57.5 Å². The molecular weight excluding hydrogens is 436 g/mol. The molecule has 0 aliphatic carbocycles. The van der Waals surface area contributed by atoms with Crippen LogP contribution in [0.25, 0.3) is 0 Å². The topological polar surface area (TPSA) is 105 Å². The van der Waals surface area contributed by atoms with E-state index in [0.717, 1.165) is 11.1 Å². The summed E-state index contributed by atoms with van der Waals surface area (Å²) in [5, 5.41) is 21.2. The van der Waals surface area contributed by atoms with Crippen LogP contribution in [-0.2, 0) is 22.7 Å². The molecule has 3 rings (SSSR count). The predicted molar refractivity (Wildman–Crippen MR) is 127 cm³/mol. The lowest BCUT2D eigenvalue weighted by molar-refractivity contribution is -0.948. The first-order chi connectivity index (χ1) is 16.1. The molecule has 0 saturated carbocycles. The highest BCUT2D eigenvalue weighted by atomic mass is 16.6. The number of aliphatic carboxylic acids is 1. The molecule has 0 aromatic heterocycles. The van der Waals surface area contributed by atoms with Gasteiger partial charge in [-0.15, -0.1) is 0 Å². The number of piperidine rings is 1. The number of rotatable bonds is 8. The van der Waals surface area contributed by atoms with Gasteiger partial charge < -0.3 is 14.9 Å². The molecule has 0 spiro atoms. The van der Waals surface area contributed by atoms with Crippen LogP contribution in [0, 0.1) is 0 Å². The SMILES string of the molecule is COc1ccc(C[C@]2(C(=O)O)CC[C@@H](NOCc3ccccc3)C[N+]2(C(=O)O)C(C)(C)C)cc1. The zero-order chi connectivity index (χ0) is 25.0. The largest absolute Gasteiger partial charge is 0.514 e. The molecule has 8 nitrogen and oxygen atoms in total. The Labute approximate surface area is 200 Å². The minimum atomic E-state index is -1.55. The Kier molecular flexibility index (Phi) is 7.65. The molecule has 2 aromatic carbocycles. The highest BCUT2D eigenvalue weighted by molar-refractivity contribution is 5.81. The average molecular weight is 472 g/mol. The third kappa shape index (κ3) is 4.80. The summed E-state index contributed by atoms with van der Waals surface area (Å²) >= 11 is 0. The Balaban J connectivity index is 1.92. The fourth-order valence-corrected chi connectivity index (χ4v) is 5.23. The van der Waals surface area contributed by atoms with Crippen molar-refractivity contribution in [3.8, 4) is 5.75 Å². The number of hydrogen-bond acceptors (Lipinski definition) is 5. The monoisotopic (exact) mass is 471 g/mol. The van der Waals surface area contributed by atoms with Gasteiger partial charge in [0.2, 0.25) is 5.54 Å². The lowest BCUT2D eigenvalue weighted by Crippen LogP contribution is -2.81. The van der Waals surface area contributed by atoms with Gasteiger partial charge in [-0.1, -0.05) is 42.5 Å². The lowest BCUT2D eigenvalue weighted by atomic mass is 9.74. The molecule has 1 amide bonds. The number of quaternary nitrogens is 1. The molecule has 0 radical (unpaired) electrons. The van der Waals surface area contributed by atoms with E-state index in [-0.39, 0.29) is 25.4 Å². The number of amides is 1. The molecular formula is C26H35N2O6+. The van der Waals surface area contributed by atoms with Crippen molar-refractivity contribution in [1.82, 2.24) is 5.48 Å². The van der Waals surface area contributed by atoms with Crippen molar-refractivity contribution in [3.63, 3.8) is 0 Å². The van der Waals surface area contributed by atoms with Crippen LogP contribution in [0.3, 0.4) is 0 Å². The van der Waals surface area contributed by atoms with Gasteiger partial charge in [0.1, 0.15) is 17.8 Å². The highest BCUT2D eigenvalue weighted by Crippen LogP contribution is 2.45. The fourth-order valence-electron chi connectivity index (χ4n) is 5.23. The van der Waals surface area contributed by atoms with Crippen LogP contribution in [0.15, 0.2) is 54.6 Å². The molecule has 3 atom stereocenters. The van der Waals surface area contributed by atoms with E-state index in [1.165, 1.54) is 0 Å². The average Bonchev–Trinajstić information content (AvgIpc) is 2.80. The lowest BCUT2D eigenvalue weighted by Gasteiger charge is -2.57. The van der Waals surface area contributed by atoms with Crippen molar-refractivity contribution in [1.29, 1.82) is 0 Å². The number of methoxy groups -OCH3 is 1. The third-order valence-electron chi connectivity index (χ3n) is 6.99. The van der Waals surface area contributed by atoms with Gasteiger partial charge in [0, 0.05) is 12.8 Å². The molecule has 1 fully saturated rings. The zero-order valence-corrected chi connectivity index (χ0v) is 20.3. The summed E-state index contributed by atoms with van der Waals surface area (Å²) in [4.78, 5) is 31.6. The molecule has 0 bridgehead atoms. The molecule has 1 heterocycles. The van der Waals surface area contributed by atoms with E-state index in [9.17, 15) is 19.8 Å². The number of hydroxylamine groups is 1. The minimum Gasteiger partial charge on any atom is -0.497 e. The Morgan fingerprint density at radius 1 is 1.06 bits per heavy atom. The summed E-state index contributed by atoms with van der Waals surface area (Å²) in [6.45, 7) is 5.78. The van der Waals surface area contributed by atoms with Gasteiger partial charge in [-0.25, -0.2) is 9.28 Å². The first kappa shape index (κ1) is 25.7. The van der Waals surface area contributed by atoms with Crippen LogP contribution in [0.5, 0.6) is 5.75 Å². The number of benzene rings is 2. The van der Waals surface area contributed by atoms with Gasteiger partial charge in [-0.05, 0) is 50.5 Å². The van der Waals surface area contributed by atoms with Gasteiger partial charge in [0.15, 0.2) is 0 Å². The predicted octanol–water partition coefficient (Wildman–Crippen LogP) is 4.24. The van der Waals surface area contributed by atoms with Gasteiger partial charge in [0.25, 0.3) is 0 Å². The summed E-state index contributed by atoms with van der Waals surface area (Å²) in [6, 6.07) is 16.5. The van der Waals surface area contributed by atoms with Crippen LogP contribution in [0.1, 0.15) is 44.7 Å². The smallest absolute Gasteiger partial charge is 0.497 e. The van der Waals surface area contributed by atoms with Gasteiger partial charge in [-0.3, -0.25) is 4.84 Å². The Morgan fingerprint density at radius 3 is 2.24 bits per heavy atom. The minimum absolute atomic E-state index is 0.0794. The van der Waals surface area contributed by atoms with Crippen molar-refractivity contribution >= 4 is 12.1 Å². The molecule has 1 aliphatic heterocycles. The molecule has 1 saturated heterocycles. The molecule has 1 unspecified atom stereocenters. The van der Waals surface area contributed by atoms with Gasteiger partial charge >= 0.3 is 12.1 Å². The first-order valence-corrected chi connectivity index (χ1v) is 11.4. The summed E-state index contributed by atoms with van der Waals surface area (Å²) in [6.07, 6.45) is -0.406. The second kappa shape index (κ2) is 10.1. The van der Waals surface area contributed by atoms with E-state index >= 15 is 0 Å². The van der Waals surface area contributed by atoms with Crippen molar-refractivity contribution in [2.45, 2.75) is 63.8 Å². The molecule has 34 heavy (non-hydrogen) atoms. The number of carbonyl (C=O) groups is 2. The van der Waals surface area contributed by atoms with Gasteiger partial charge in [0.05, 0.1) is 19.8 Å². The maximum atomic E-state index is 13.0. The number of nitrogens with zero attached hydrogens (tertiary/aromatic N) is 1. The quantitative estimate of drug-likeness (QED) is 0.391.